The van der Waals surface area contributed by atoms with E-state index in [0.717, 1.165) is 12.1 Å². The summed E-state index contributed by atoms with van der Waals surface area (Å²) in [5.74, 6) is -2.64. The molecule has 1 aromatic carbocycles. The standard InChI is InChI=1S/C11H14F2N2O2/c1-15(3-4-17-2)11(16)7-5-8(12)9(13)6-10(7)14/h5-6H,3-4,14H2,1-2H3. The molecule has 0 aromatic heterocycles. The number of ether oxygens (including phenoxy) is 1. The number of carbonyl (C=O) groups is 1. The van der Waals surface area contributed by atoms with E-state index >= 15 is 0 Å². The van der Waals surface area contributed by atoms with Crippen LogP contribution in [0.15, 0.2) is 12.1 Å². The van der Waals surface area contributed by atoms with Crippen LogP contribution >= 0.6 is 0 Å². The Balaban J connectivity index is 2.92. The Labute approximate surface area is 98.0 Å². The van der Waals surface area contributed by atoms with Crippen LogP contribution in [0.5, 0.6) is 0 Å². The molecule has 0 heterocycles. The number of rotatable bonds is 4. The summed E-state index contributed by atoms with van der Waals surface area (Å²) in [6.07, 6.45) is 0. The highest BCUT2D eigenvalue weighted by Gasteiger charge is 2.17. The third-order valence-electron chi connectivity index (χ3n) is 2.30. The molecule has 0 saturated heterocycles. The fraction of sp³-hybridized carbons (Fsp3) is 0.364. The highest BCUT2D eigenvalue weighted by molar-refractivity contribution is 5.99. The summed E-state index contributed by atoms with van der Waals surface area (Å²) < 4.78 is 30.6. The van der Waals surface area contributed by atoms with E-state index in [1.54, 1.807) is 0 Å². The molecule has 2 N–H and O–H groups in total. The van der Waals surface area contributed by atoms with Gasteiger partial charge in [0.1, 0.15) is 0 Å². The van der Waals surface area contributed by atoms with Gasteiger partial charge in [0, 0.05) is 32.5 Å². The summed E-state index contributed by atoms with van der Waals surface area (Å²) >= 11 is 0. The highest BCUT2D eigenvalue weighted by Crippen LogP contribution is 2.18. The predicted molar refractivity (Wildman–Crippen MR) is 59.6 cm³/mol. The number of nitrogen functional groups attached to an aromatic ring is 1. The lowest BCUT2D eigenvalue weighted by Gasteiger charge is -2.17. The van der Waals surface area contributed by atoms with Crippen LogP contribution in [-0.4, -0.2) is 38.1 Å². The molecule has 4 nitrogen and oxygen atoms in total. The number of benzene rings is 1. The number of halogens is 2. The van der Waals surface area contributed by atoms with E-state index in [1.165, 1.54) is 19.1 Å². The molecule has 94 valence electrons. The largest absolute Gasteiger partial charge is 0.398 e. The Morgan fingerprint density at radius 3 is 2.59 bits per heavy atom. The van der Waals surface area contributed by atoms with Gasteiger partial charge in [-0.25, -0.2) is 8.78 Å². The number of likely N-dealkylation sites (N-methyl/N-ethyl adjacent to an activating group) is 1. The summed E-state index contributed by atoms with van der Waals surface area (Å²) in [5.41, 5.74) is 5.33. The Morgan fingerprint density at radius 1 is 1.41 bits per heavy atom. The monoisotopic (exact) mass is 244 g/mol. The van der Waals surface area contributed by atoms with Gasteiger partial charge in [0.15, 0.2) is 11.6 Å². The minimum absolute atomic E-state index is 0.0532. The number of methoxy groups -OCH3 is 1. The normalized spacial score (nSPS) is 10.4. The maximum atomic E-state index is 13.0. The first-order valence-corrected chi connectivity index (χ1v) is 4.96. The van der Waals surface area contributed by atoms with Crippen molar-refractivity contribution in [3.63, 3.8) is 0 Å². The van der Waals surface area contributed by atoms with Crippen LogP contribution in [0.3, 0.4) is 0 Å². The number of hydrogen-bond donors (Lipinski definition) is 1. The lowest BCUT2D eigenvalue weighted by atomic mass is 10.1. The quantitative estimate of drug-likeness (QED) is 0.811. The van der Waals surface area contributed by atoms with Crippen LogP contribution in [0.4, 0.5) is 14.5 Å². The second kappa shape index (κ2) is 5.58. The zero-order chi connectivity index (χ0) is 13.0. The third-order valence-corrected chi connectivity index (χ3v) is 2.30. The zero-order valence-electron chi connectivity index (χ0n) is 9.67. The molecule has 0 aliphatic carbocycles. The van der Waals surface area contributed by atoms with Crippen molar-refractivity contribution in [1.29, 1.82) is 0 Å². The van der Waals surface area contributed by atoms with Gasteiger partial charge in [0.05, 0.1) is 12.2 Å². The number of nitrogens with two attached hydrogens (primary N) is 1. The number of carbonyl (C=O) groups excluding carboxylic acids is 1. The summed E-state index contributed by atoms with van der Waals surface area (Å²) in [5, 5.41) is 0. The van der Waals surface area contributed by atoms with Gasteiger partial charge < -0.3 is 15.4 Å². The lowest BCUT2D eigenvalue weighted by molar-refractivity contribution is 0.0744. The molecule has 0 aliphatic heterocycles. The van der Waals surface area contributed by atoms with E-state index in [4.69, 9.17) is 10.5 Å². The molecular weight excluding hydrogens is 230 g/mol. The van der Waals surface area contributed by atoms with Gasteiger partial charge >= 0.3 is 0 Å². The molecular formula is C11H14F2N2O2. The number of anilines is 1. The summed E-state index contributed by atoms with van der Waals surface area (Å²) in [6.45, 7) is 0.694. The molecule has 0 unspecified atom stereocenters. The van der Waals surface area contributed by atoms with Crippen LogP contribution in [0.1, 0.15) is 10.4 Å². The molecule has 0 aliphatic rings. The fourth-order valence-electron chi connectivity index (χ4n) is 1.28. The molecule has 1 aromatic rings. The molecule has 0 bridgehead atoms. The Bertz CT molecular complexity index is 424. The van der Waals surface area contributed by atoms with E-state index in [2.05, 4.69) is 0 Å². The summed E-state index contributed by atoms with van der Waals surface area (Å²) in [7, 11) is 3.03. The van der Waals surface area contributed by atoms with E-state index < -0.39 is 17.5 Å². The smallest absolute Gasteiger partial charge is 0.255 e. The van der Waals surface area contributed by atoms with Crippen molar-refractivity contribution in [1.82, 2.24) is 4.90 Å². The van der Waals surface area contributed by atoms with Gasteiger partial charge in [-0.1, -0.05) is 0 Å². The van der Waals surface area contributed by atoms with Crippen molar-refractivity contribution in [2.75, 3.05) is 33.0 Å². The molecule has 0 radical (unpaired) electrons. The minimum Gasteiger partial charge on any atom is -0.398 e. The van der Waals surface area contributed by atoms with E-state index in [0.29, 0.717) is 13.2 Å². The number of amides is 1. The van der Waals surface area contributed by atoms with Gasteiger partial charge in [-0.15, -0.1) is 0 Å². The van der Waals surface area contributed by atoms with Crippen molar-refractivity contribution in [3.8, 4) is 0 Å². The second-order valence-corrected chi connectivity index (χ2v) is 3.57. The third kappa shape index (κ3) is 3.13. The van der Waals surface area contributed by atoms with Gasteiger partial charge in [0.2, 0.25) is 0 Å². The lowest BCUT2D eigenvalue weighted by Crippen LogP contribution is -2.30. The van der Waals surface area contributed by atoms with Crippen molar-refractivity contribution < 1.29 is 18.3 Å². The Hall–Kier alpha value is -1.69. The molecule has 1 rings (SSSR count). The first kappa shape index (κ1) is 13.4. The second-order valence-electron chi connectivity index (χ2n) is 3.57. The zero-order valence-corrected chi connectivity index (χ0v) is 9.67. The predicted octanol–water partition coefficient (Wildman–Crippen LogP) is 1.27. The Kier molecular flexibility index (Phi) is 4.39. The first-order chi connectivity index (χ1) is 7.97. The average molecular weight is 244 g/mol. The summed E-state index contributed by atoms with van der Waals surface area (Å²) in [4.78, 5) is 13.2. The number of nitrogens with zero attached hydrogens (tertiary/aromatic N) is 1. The molecule has 17 heavy (non-hydrogen) atoms. The van der Waals surface area contributed by atoms with Crippen molar-refractivity contribution in [2.24, 2.45) is 0 Å². The molecule has 0 atom stereocenters. The van der Waals surface area contributed by atoms with Crippen LogP contribution < -0.4 is 5.73 Å². The van der Waals surface area contributed by atoms with E-state index in [9.17, 15) is 13.6 Å². The first-order valence-electron chi connectivity index (χ1n) is 4.96. The van der Waals surface area contributed by atoms with Crippen LogP contribution in [0.2, 0.25) is 0 Å². The van der Waals surface area contributed by atoms with Gasteiger partial charge in [-0.05, 0) is 6.07 Å². The maximum Gasteiger partial charge on any atom is 0.255 e. The van der Waals surface area contributed by atoms with Crippen molar-refractivity contribution in [2.45, 2.75) is 0 Å². The van der Waals surface area contributed by atoms with Gasteiger partial charge in [0.25, 0.3) is 5.91 Å². The van der Waals surface area contributed by atoms with Crippen LogP contribution in [0.25, 0.3) is 0 Å². The fourth-order valence-corrected chi connectivity index (χ4v) is 1.28. The van der Waals surface area contributed by atoms with Crippen LogP contribution in [0, 0.1) is 11.6 Å². The molecule has 0 fully saturated rings. The maximum absolute atomic E-state index is 13.0. The topological polar surface area (TPSA) is 55.6 Å². The Morgan fingerprint density at radius 2 is 2.00 bits per heavy atom. The van der Waals surface area contributed by atoms with Gasteiger partial charge in [-0.2, -0.15) is 0 Å². The average Bonchev–Trinajstić information content (AvgIpc) is 2.29. The number of hydrogen-bond acceptors (Lipinski definition) is 3. The molecule has 0 spiro atoms. The SMILES string of the molecule is COCCN(C)C(=O)c1cc(F)c(F)cc1N. The van der Waals surface area contributed by atoms with Crippen LogP contribution in [-0.2, 0) is 4.74 Å². The van der Waals surface area contributed by atoms with E-state index in [1.807, 2.05) is 0 Å². The van der Waals surface area contributed by atoms with Crippen molar-refractivity contribution in [3.05, 3.63) is 29.3 Å². The van der Waals surface area contributed by atoms with E-state index in [-0.39, 0.29) is 11.3 Å². The van der Waals surface area contributed by atoms with Crippen molar-refractivity contribution >= 4 is 11.6 Å². The molecule has 0 saturated carbocycles. The molecule has 1 amide bonds. The summed E-state index contributed by atoms with van der Waals surface area (Å²) in [6, 6.07) is 1.60. The molecule has 6 heteroatoms. The minimum atomic E-state index is -1.09. The highest BCUT2D eigenvalue weighted by atomic mass is 19.2. The van der Waals surface area contributed by atoms with Gasteiger partial charge in [-0.3, -0.25) is 4.79 Å².